The van der Waals surface area contributed by atoms with Crippen molar-refractivity contribution in [2.75, 3.05) is 20.1 Å². The van der Waals surface area contributed by atoms with Crippen LogP contribution in [0, 0.1) is 13.8 Å². The number of hydrogen-bond donors (Lipinski definition) is 1. The van der Waals surface area contributed by atoms with E-state index in [2.05, 4.69) is 59.6 Å². The van der Waals surface area contributed by atoms with Gasteiger partial charge in [0.15, 0.2) is 0 Å². The summed E-state index contributed by atoms with van der Waals surface area (Å²) >= 11 is 0. The standard InChI is InChI=1S/C20H28N4O/c1-15-14-16(2)24(22-15)19-7-4-17(5-8-19)6-9-20(25)21-18-10-12-23(3)13-11-18/h4-5,7-8,14,18H,6,9-13H2,1-3H3,(H,21,25). The maximum absolute atomic E-state index is 12.2. The Balaban J connectivity index is 1.50. The van der Waals surface area contributed by atoms with Gasteiger partial charge in [0.1, 0.15) is 0 Å². The van der Waals surface area contributed by atoms with Crippen molar-refractivity contribution >= 4 is 5.91 Å². The van der Waals surface area contributed by atoms with E-state index in [4.69, 9.17) is 0 Å². The highest BCUT2D eigenvalue weighted by Gasteiger charge is 2.18. The average Bonchev–Trinajstić information content (AvgIpc) is 2.94. The molecule has 1 aromatic carbocycles. The van der Waals surface area contributed by atoms with E-state index in [1.54, 1.807) is 0 Å². The first-order chi connectivity index (χ1) is 12.0. The van der Waals surface area contributed by atoms with Crippen molar-refractivity contribution in [2.45, 2.75) is 45.6 Å². The fourth-order valence-electron chi connectivity index (χ4n) is 3.40. The van der Waals surface area contributed by atoms with Crippen LogP contribution in [-0.4, -0.2) is 46.8 Å². The molecule has 25 heavy (non-hydrogen) atoms. The molecule has 1 N–H and O–H groups in total. The van der Waals surface area contributed by atoms with Crippen LogP contribution in [0.15, 0.2) is 30.3 Å². The Morgan fingerprint density at radius 3 is 2.48 bits per heavy atom. The second-order valence-corrected chi connectivity index (χ2v) is 7.15. The monoisotopic (exact) mass is 340 g/mol. The fourth-order valence-corrected chi connectivity index (χ4v) is 3.40. The number of nitrogens with one attached hydrogen (secondary N) is 1. The lowest BCUT2D eigenvalue weighted by molar-refractivity contribution is -0.122. The van der Waals surface area contributed by atoms with E-state index in [9.17, 15) is 4.79 Å². The van der Waals surface area contributed by atoms with E-state index in [1.165, 1.54) is 5.56 Å². The summed E-state index contributed by atoms with van der Waals surface area (Å²) in [5.41, 5.74) is 4.39. The zero-order chi connectivity index (χ0) is 17.8. The quantitative estimate of drug-likeness (QED) is 0.910. The van der Waals surface area contributed by atoms with Crippen LogP contribution < -0.4 is 5.32 Å². The van der Waals surface area contributed by atoms with Crippen molar-refractivity contribution in [3.05, 3.63) is 47.3 Å². The molecular formula is C20H28N4O. The highest BCUT2D eigenvalue weighted by atomic mass is 16.1. The minimum Gasteiger partial charge on any atom is -0.353 e. The maximum atomic E-state index is 12.2. The Hall–Kier alpha value is -2.14. The van der Waals surface area contributed by atoms with Gasteiger partial charge in [-0.2, -0.15) is 5.10 Å². The number of amides is 1. The van der Waals surface area contributed by atoms with Crippen molar-refractivity contribution in [1.29, 1.82) is 0 Å². The van der Waals surface area contributed by atoms with Gasteiger partial charge in [-0.1, -0.05) is 12.1 Å². The Morgan fingerprint density at radius 2 is 1.88 bits per heavy atom. The predicted molar refractivity (Wildman–Crippen MR) is 100 cm³/mol. The molecule has 0 bridgehead atoms. The fraction of sp³-hybridized carbons (Fsp3) is 0.500. The van der Waals surface area contributed by atoms with Gasteiger partial charge in [0.2, 0.25) is 5.91 Å². The van der Waals surface area contributed by atoms with E-state index in [0.717, 1.165) is 49.4 Å². The molecule has 2 aromatic rings. The van der Waals surface area contributed by atoms with E-state index >= 15 is 0 Å². The number of likely N-dealkylation sites (tertiary alicyclic amines) is 1. The zero-order valence-corrected chi connectivity index (χ0v) is 15.5. The Morgan fingerprint density at radius 1 is 1.20 bits per heavy atom. The molecule has 1 aliphatic rings. The molecule has 0 spiro atoms. The molecule has 1 aromatic heterocycles. The summed E-state index contributed by atoms with van der Waals surface area (Å²) in [6.45, 7) is 6.19. The van der Waals surface area contributed by atoms with Crippen molar-refractivity contribution in [2.24, 2.45) is 0 Å². The molecule has 134 valence electrons. The van der Waals surface area contributed by atoms with Gasteiger partial charge in [-0.3, -0.25) is 4.79 Å². The molecule has 0 saturated carbocycles. The minimum atomic E-state index is 0.164. The molecule has 1 amide bonds. The lowest BCUT2D eigenvalue weighted by Crippen LogP contribution is -2.43. The molecule has 0 atom stereocenters. The van der Waals surface area contributed by atoms with Crippen LogP contribution in [0.25, 0.3) is 5.69 Å². The molecule has 3 rings (SSSR count). The smallest absolute Gasteiger partial charge is 0.220 e. The SMILES string of the molecule is Cc1cc(C)n(-c2ccc(CCC(=O)NC3CCN(C)CC3)cc2)n1. The van der Waals surface area contributed by atoms with Gasteiger partial charge in [0.05, 0.1) is 11.4 Å². The van der Waals surface area contributed by atoms with E-state index in [0.29, 0.717) is 12.5 Å². The Labute approximate surface area is 150 Å². The third-order valence-electron chi connectivity index (χ3n) is 4.91. The van der Waals surface area contributed by atoms with Crippen LogP contribution in [0.3, 0.4) is 0 Å². The van der Waals surface area contributed by atoms with Gasteiger partial charge in [-0.05, 0) is 77.0 Å². The second kappa shape index (κ2) is 7.83. The topological polar surface area (TPSA) is 50.2 Å². The molecule has 5 nitrogen and oxygen atoms in total. The average molecular weight is 340 g/mol. The molecule has 1 saturated heterocycles. The Kier molecular flexibility index (Phi) is 5.53. The van der Waals surface area contributed by atoms with Crippen LogP contribution in [0.2, 0.25) is 0 Å². The number of benzene rings is 1. The molecule has 1 fully saturated rings. The third kappa shape index (κ3) is 4.69. The number of aryl methyl sites for hydroxylation is 3. The van der Waals surface area contributed by atoms with Gasteiger partial charge in [-0.25, -0.2) is 4.68 Å². The number of piperidine rings is 1. The number of carbonyl (C=O) groups excluding carboxylic acids is 1. The van der Waals surface area contributed by atoms with Gasteiger partial charge < -0.3 is 10.2 Å². The van der Waals surface area contributed by atoms with Crippen LogP contribution in [0.4, 0.5) is 0 Å². The van der Waals surface area contributed by atoms with Crippen molar-refractivity contribution in [3.63, 3.8) is 0 Å². The summed E-state index contributed by atoms with van der Waals surface area (Å²) in [6, 6.07) is 10.7. The molecule has 5 heteroatoms. The summed E-state index contributed by atoms with van der Waals surface area (Å²) in [4.78, 5) is 14.5. The second-order valence-electron chi connectivity index (χ2n) is 7.15. The molecule has 2 heterocycles. The minimum absolute atomic E-state index is 0.164. The lowest BCUT2D eigenvalue weighted by atomic mass is 10.0. The molecule has 0 aliphatic carbocycles. The van der Waals surface area contributed by atoms with Crippen LogP contribution in [0.1, 0.15) is 36.2 Å². The highest BCUT2D eigenvalue weighted by Crippen LogP contribution is 2.14. The molecule has 0 unspecified atom stereocenters. The highest BCUT2D eigenvalue weighted by molar-refractivity contribution is 5.76. The molecular weight excluding hydrogens is 312 g/mol. The predicted octanol–water partition coefficient (Wildman–Crippen LogP) is 2.63. The summed E-state index contributed by atoms with van der Waals surface area (Å²) in [5, 5.41) is 7.68. The number of nitrogens with zero attached hydrogens (tertiary/aromatic N) is 3. The number of rotatable bonds is 5. The van der Waals surface area contributed by atoms with Gasteiger partial charge in [-0.15, -0.1) is 0 Å². The summed E-state index contributed by atoms with van der Waals surface area (Å²) in [5.74, 6) is 0.164. The first kappa shape index (κ1) is 17.7. The first-order valence-corrected chi connectivity index (χ1v) is 9.12. The summed E-state index contributed by atoms with van der Waals surface area (Å²) in [6.07, 6.45) is 3.43. The maximum Gasteiger partial charge on any atom is 0.220 e. The summed E-state index contributed by atoms with van der Waals surface area (Å²) in [7, 11) is 2.13. The lowest BCUT2D eigenvalue weighted by Gasteiger charge is -2.29. The first-order valence-electron chi connectivity index (χ1n) is 9.12. The molecule has 1 aliphatic heterocycles. The largest absolute Gasteiger partial charge is 0.353 e. The van der Waals surface area contributed by atoms with Gasteiger partial charge >= 0.3 is 0 Å². The Bertz CT molecular complexity index is 712. The van der Waals surface area contributed by atoms with Crippen molar-refractivity contribution in [1.82, 2.24) is 20.0 Å². The number of aromatic nitrogens is 2. The zero-order valence-electron chi connectivity index (χ0n) is 15.5. The van der Waals surface area contributed by atoms with E-state index < -0.39 is 0 Å². The van der Waals surface area contributed by atoms with E-state index in [-0.39, 0.29) is 5.91 Å². The van der Waals surface area contributed by atoms with E-state index in [1.807, 2.05) is 11.6 Å². The third-order valence-corrected chi connectivity index (χ3v) is 4.91. The van der Waals surface area contributed by atoms with Crippen LogP contribution in [-0.2, 0) is 11.2 Å². The van der Waals surface area contributed by atoms with Gasteiger partial charge in [0.25, 0.3) is 0 Å². The number of hydrogen-bond acceptors (Lipinski definition) is 3. The van der Waals surface area contributed by atoms with Crippen molar-refractivity contribution in [3.8, 4) is 5.69 Å². The van der Waals surface area contributed by atoms with Crippen LogP contribution in [0.5, 0.6) is 0 Å². The number of carbonyl (C=O) groups is 1. The summed E-state index contributed by atoms with van der Waals surface area (Å²) < 4.78 is 1.95. The van der Waals surface area contributed by atoms with Crippen molar-refractivity contribution < 1.29 is 4.79 Å². The normalized spacial score (nSPS) is 16.1. The van der Waals surface area contributed by atoms with Gasteiger partial charge in [0, 0.05) is 18.2 Å². The van der Waals surface area contributed by atoms with Crippen LogP contribution >= 0.6 is 0 Å². The molecule has 0 radical (unpaired) electrons.